The summed E-state index contributed by atoms with van der Waals surface area (Å²) in [5.74, 6) is 0.225. The molecule has 0 aliphatic rings. The smallest absolute Gasteiger partial charge is 0.303 e. The Bertz CT molecular complexity index is 342. The van der Waals surface area contributed by atoms with Crippen LogP contribution in [0.5, 0.6) is 0 Å². The van der Waals surface area contributed by atoms with Gasteiger partial charge < -0.3 is 9.79 Å². The molecule has 0 aliphatic heterocycles. The van der Waals surface area contributed by atoms with Crippen LogP contribution in [0.3, 0.4) is 0 Å². The molecule has 5 heteroatoms. The topological polar surface area (TPSA) is 66.8 Å². The Kier molecular flexibility index (Phi) is 13.4. The second-order valence-corrected chi connectivity index (χ2v) is 8.33. The number of hydrogen-bond acceptors (Lipinski definition) is 2. The fraction of sp³-hybridized carbons (Fsp3) is 1.00. The summed E-state index contributed by atoms with van der Waals surface area (Å²) in [6.07, 6.45) is 13.3. The largest absolute Gasteiger partial charge is 0.470 e. The van der Waals surface area contributed by atoms with E-state index in [-0.39, 0.29) is 5.92 Å². The monoisotopic (exact) mass is 364 g/mol. The zero-order chi connectivity index (χ0) is 18.5. The van der Waals surface area contributed by atoms with Gasteiger partial charge in [0.2, 0.25) is 0 Å². The fourth-order valence-corrected chi connectivity index (χ4v) is 4.53. The van der Waals surface area contributed by atoms with Gasteiger partial charge in [-0.05, 0) is 25.2 Å². The molecule has 0 heterocycles. The van der Waals surface area contributed by atoms with E-state index in [2.05, 4.69) is 27.7 Å². The van der Waals surface area contributed by atoms with E-state index in [0.717, 1.165) is 64.2 Å². The first kappa shape index (κ1) is 24.1. The average molecular weight is 365 g/mol. The zero-order valence-corrected chi connectivity index (χ0v) is 17.3. The lowest BCUT2D eigenvalue weighted by Crippen LogP contribution is -2.40. The third-order valence-electron chi connectivity index (χ3n) is 5.10. The molecule has 0 bridgehead atoms. The second-order valence-electron chi connectivity index (χ2n) is 7.16. The van der Waals surface area contributed by atoms with Gasteiger partial charge >= 0.3 is 7.82 Å². The van der Waals surface area contributed by atoms with Crippen molar-refractivity contribution in [2.75, 3.05) is 0 Å². The Morgan fingerprint density at radius 3 is 1.88 bits per heavy atom. The van der Waals surface area contributed by atoms with E-state index in [1.807, 2.05) is 0 Å². The predicted molar refractivity (Wildman–Crippen MR) is 102 cm³/mol. The van der Waals surface area contributed by atoms with Gasteiger partial charge in [0, 0.05) is 0 Å². The van der Waals surface area contributed by atoms with Crippen LogP contribution in [-0.4, -0.2) is 15.4 Å². The predicted octanol–water partition coefficient (Wildman–Crippen LogP) is 6.60. The molecule has 24 heavy (non-hydrogen) atoms. The van der Waals surface area contributed by atoms with Gasteiger partial charge in [-0.3, -0.25) is 4.52 Å². The van der Waals surface area contributed by atoms with E-state index in [9.17, 15) is 14.4 Å². The quantitative estimate of drug-likeness (QED) is 0.239. The van der Waals surface area contributed by atoms with Gasteiger partial charge in [-0.2, -0.15) is 0 Å². The molecule has 146 valence electrons. The van der Waals surface area contributed by atoms with Crippen LogP contribution >= 0.6 is 7.82 Å². The first-order valence-electron chi connectivity index (χ1n) is 10.1. The molecular formula is C19H41O4P. The Morgan fingerprint density at radius 1 is 0.833 bits per heavy atom. The van der Waals surface area contributed by atoms with Crippen LogP contribution in [-0.2, 0) is 9.09 Å². The van der Waals surface area contributed by atoms with Gasteiger partial charge in [-0.25, -0.2) is 4.57 Å². The summed E-state index contributed by atoms with van der Waals surface area (Å²) in [5, 5.41) is 0. The minimum atomic E-state index is -4.49. The molecule has 0 fully saturated rings. The third-order valence-corrected chi connectivity index (χ3v) is 5.70. The highest BCUT2D eigenvalue weighted by Crippen LogP contribution is 2.50. The van der Waals surface area contributed by atoms with Crippen molar-refractivity contribution in [1.29, 1.82) is 0 Å². The number of phosphoric acid groups is 1. The van der Waals surface area contributed by atoms with Crippen LogP contribution in [0.15, 0.2) is 0 Å². The highest BCUT2D eigenvalue weighted by Gasteiger charge is 2.42. The van der Waals surface area contributed by atoms with Crippen LogP contribution < -0.4 is 0 Å². The first-order chi connectivity index (χ1) is 11.3. The fourth-order valence-electron chi connectivity index (χ4n) is 3.73. The molecule has 0 saturated heterocycles. The molecule has 0 saturated carbocycles. The molecule has 0 aromatic carbocycles. The summed E-state index contributed by atoms with van der Waals surface area (Å²) in [4.78, 5) is 19.1. The molecule has 2 N–H and O–H groups in total. The van der Waals surface area contributed by atoms with Crippen LogP contribution in [0.4, 0.5) is 0 Å². The van der Waals surface area contributed by atoms with Crippen molar-refractivity contribution in [3.63, 3.8) is 0 Å². The van der Waals surface area contributed by atoms with Crippen molar-refractivity contribution in [2.24, 2.45) is 5.92 Å². The van der Waals surface area contributed by atoms with Crippen LogP contribution in [0.2, 0.25) is 0 Å². The highest BCUT2D eigenvalue weighted by atomic mass is 31.2. The standard InChI is InChI=1S/C19H41O4P/c1-5-9-12-13-14-17-19(16-11-7-3,23-24(20,21)22)18(8-4)15-10-6-2/h18H,5-17H2,1-4H3,(H2,20,21,22). The molecule has 2 atom stereocenters. The zero-order valence-electron chi connectivity index (χ0n) is 16.4. The summed E-state index contributed by atoms with van der Waals surface area (Å²) in [6, 6.07) is 0. The molecule has 0 spiro atoms. The maximum Gasteiger partial charge on any atom is 0.470 e. The Morgan fingerprint density at radius 2 is 1.38 bits per heavy atom. The number of rotatable bonds is 16. The average Bonchev–Trinajstić information content (AvgIpc) is 2.51. The molecule has 0 aliphatic carbocycles. The molecular weight excluding hydrogens is 323 g/mol. The van der Waals surface area contributed by atoms with E-state index in [4.69, 9.17) is 4.52 Å². The van der Waals surface area contributed by atoms with Crippen molar-refractivity contribution < 1.29 is 18.9 Å². The normalized spacial score (nSPS) is 16.1. The lowest BCUT2D eigenvalue weighted by molar-refractivity contribution is -0.0390. The molecule has 0 radical (unpaired) electrons. The maximum atomic E-state index is 11.7. The lowest BCUT2D eigenvalue weighted by Gasteiger charge is -2.41. The summed E-state index contributed by atoms with van der Waals surface area (Å²) < 4.78 is 17.3. The van der Waals surface area contributed by atoms with Gasteiger partial charge in [0.25, 0.3) is 0 Å². The highest BCUT2D eigenvalue weighted by molar-refractivity contribution is 7.46. The van der Waals surface area contributed by atoms with Crippen LogP contribution in [0, 0.1) is 5.92 Å². The van der Waals surface area contributed by atoms with Gasteiger partial charge in [-0.15, -0.1) is 0 Å². The molecule has 0 amide bonds. The summed E-state index contributed by atoms with van der Waals surface area (Å²) in [6.45, 7) is 8.60. The Balaban J connectivity index is 5.20. The van der Waals surface area contributed by atoms with Gasteiger partial charge in [0.1, 0.15) is 0 Å². The molecule has 0 aromatic heterocycles. The number of unbranched alkanes of at least 4 members (excludes halogenated alkanes) is 6. The minimum Gasteiger partial charge on any atom is -0.303 e. The van der Waals surface area contributed by atoms with E-state index in [0.29, 0.717) is 0 Å². The third kappa shape index (κ3) is 10.2. The van der Waals surface area contributed by atoms with Crippen molar-refractivity contribution in [2.45, 2.75) is 117 Å². The van der Waals surface area contributed by atoms with Crippen LogP contribution in [0.25, 0.3) is 0 Å². The molecule has 0 rings (SSSR count). The summed E-state index contributed by atoms with van der Waals surface area (Å²) >= 11 is 0. The van der Waals surface area contributed by atoms with Crippen molar-refractivity contribution in [3.8, 4) is 0 Å². The molecule has 4 nitrogen and oxygen atoms in total. The second kappa shape index (κ2) is 13.3. The van der Waals surface area contributed by atoms with Crippen molar-refractivity contribution >= 4 is 7.82 Å². The lowest BCUT2D eigenvalue weighted by atomic mass is 9.75. The van der Waals surface area contributed by atoms with Crippen molar-refractivity contribution in [3.05, 3.63) is 0 Å². The van der Waals surface area contributed by atoms with Gasteiger partial charge in [0.15, 0.2) is 0 Å². The van der Waals surface area contributed by atoms with E-state index in [1.165, 1.54) is 19.3 Å². The van der Waals surface area contributed by atoms with E-state index in [1.54, 1.807) is 0 Å². The van der Waals surface area contributed by atoms with Gasteiger partial charge in [-0.1, -0.05) is 91.9 Å². The minimum absolute atomic E-state index is 0.225. The summed E-state index contributed by atoms with van der Waals surface area (Å²) in [7, 11) is -4.49. The van der Waals surface area contributed by atoms with E-state index < -0.39 is 13.4 Å². The van der Waals surface area contributed by atoms with Crippen LogP contribution in [0.1, 0.15) is 111 Å². The molecule has 2 unspecified atom stereocenters. The van der Waals surface area contributed by atoms with E-state index >= 15 is 0 Å². The molecule has 0 aromatic rings. The SMILES string of the molecule is CCCCCCCC(CCCC)(OP(=O)(O)O)C(CC)CCCC. The Labute approximate surface area is 150 Å². The first-order valence-corrected chi connectivity index (χ1v) is 11.6. The Hall–Kier alpha value is 0.110. The number of hydrogen-bond donors (Lipinski definition) is 2. The number of phosphoric ester groups is 1. The van der Waals surface area contributed by atoms with Gasteiger partial charge in [0.05, 0.1) is 5.60 Å². The summed E-state index contributed by atoms with van der Waals surface area (Å²) in [5.41, 5.74) is -0.662. The van der Waals surface area contributed by atoms with Crippen molar-refractivity contribution in [1.82, 2.24) is 0 Å². The maximum absolute atomic E-state index is 11.7.